The molecule has 0 fully saturated rings. The summed E-state index contributed by atoms with van der Waals surface area (Å²) >= 11 is 1.17. The average molecular weight is 364 g/mol. The third-order valence-corrected chi connectivity index (χ3v) is 4.55. The van der Waals surface area contributed by atoms with Crippen molar-refractivity contribution in [1.82, 2.24) is 0 Å². The van der Waals surface area contributed by atoms with Gasteiger partial charge >= 0.3 is 0 Å². The Hall–Kier alpha value is -2.41. The lowest BCUT2D eigenvalue weighted by molar-refractivity contribution is -0.115. The summed E-state index contributed by atoms with van der Waals surface area (Å²) in [5, 5.41) is 4.88. The molecule has 0 radical (unpaired) electrons. The lowest BCUT2D eigenvalue weighted by atomic mass is 10.2. The lowest BCUT2D eigenvalue weighted by Crippen LogP contribution is -2.25. The van der Waals surface area contributed by atoms with Crippen LogP contribution in [0.2, 0.25) is 0 Å². The summed E-state index contributed by atoms with van der Waals surface area (Å²) in [6.45, 7) is 3.39. The van der Waals surface area contributed by atoms with Crippen LogP contribution in [0.1, 0.15) is 12.5 Å². The Balaban J connectivity index is 1.82. The molecule has 2 aromatic rings. The van der Waals surface area contributed by atoms with Gasteiger partial charge in [-0.15, -0.1) is 11.8 Å². The first-order valence-electron chi connectivity index (χ1n) is 7.59. The van der Waals surface area contributed by atoms with Crippen molar-refractivity contribution < 1.29 is 18.4 Å². The van der Waals surface area contributed by atoms with Crippen LogP contribution < -0.4 is 10.6 Å². The van der Waals surface area contributed by atoms with Crippen molar-refractivity contribution in [3.63, 3.8) is 0 Å². The number of carbonyl (C=O) groups is 2. The van der Waals surface area contributed by atoms with Crippen LogP contribution in [0.25, 0.3) is 0 Å². The summed E-state index contributed by atoms with van der Waals surface area (Å²) in [6, 6.07) is 9.55. The Morgan fingerprint density at radius 2 is 1.68 bits per heavy atom. The van der Waals surface area contributed by atoms with Crippen molar-refractivity contribution in [2.75, 3.05) is 16.4 Å². The SMILES string of the molecule is Cc1cc(F)ccc1NC(=O)[C@H](C)SCC(=O)Nc1ccc(F)cc1. The van der Waals surface area contributed by atoms with Gasteiger partial charge in [0.05, 0.1) is 11.0 Å². The molecule has 2 amide bonds. The van der Waals surface area contributed by atoms with Gasteiger partial charge in [-0.1, -0.05) is 0 Å². The highest BCUT2D eigenvalue weighted by Crippen LogP contribution is 2.19. The van der Waals surface area contributed by atoms with Crippen LogP contribution in [0, 0.1) is 18.6 Å². The van der Waals surface area contributed by atoms with Crippen LogP contribution in [0.5, 0.6) is 0 Å². The van der Waals surface area contributed by atoms with Gasteiger partial charge in [0.25, 0.3) is 0 Å². The van der Waals surface area contributed by atoms with Crippen molar-refractivity contribution in [3.8, 4) is 0 Å². The normalized spacial score (nSPS) is 11.7. The van der Waals surface area contributed by atoms with Crippen LogP contribution in [0.15, 0.2) is 42.5 Å². The second-order valence-electron chi connectivity index (χ2n) is 5.46. The Morgan fingerprint density at radius 1 is 1.04 bits per heavy atom. The summed E-state index contributed by atoms with van der Waals surface area (Å²) in [5.41, 5.74) is 1.65. The minimum Gasteiger partial charge on any atom is -0.325 e. The molecule has 4 nitrogen and oxygen atoms in total. The molecule has 0 heterocycles. The Bertz CT molecular complexity index is 766. The summed E-state index contributed by atoms with van der Waals surface area (Å²) < 4.78 is 25.9. The van der Waals surface area contributed by atoms with Crippen LogP contribution in [0.4, 0.5) is 20.2 Å². The summed E-state index contributed by atoms with van der Waals surface area (Å²) in [6.07, 6.45) is 0. The van der Waals surface area contributed by atoms with Gasteiger partial charge in [0, 0.05) is 11.4 Å². The number of hydrogen-bond acceptors (Lipinski definition) is 3. The second kappa shape index (κ2) is 8.62. The first kappa shape index (κ1) is 18.9. The van der Waals surface area contributed by atoms with Gasteiger partial charge in [-0.25, -0.2) is 8.78 Å². The van der Waals surface area contributed by atoms with Crippen LogP contribution >= 0.6 is 11.8 Å². The highest BCUT2D eigenvalue weighted by molar-refractivity contribution is 8.01. The maximum Gasteiger partial charge on any atom is 0.237 e. The highest BCUT2D eigenvalue weighted by atomic mass is 32.2. The molecular formula is C18H18F2N2O2S. The van der Waals surface area contributed by atoms with Gasteiger partial charge in [-0.05, 0) is 61.9 Å². The van der Waals surface area contributed by atoms with E-state index in [9.17, 15) is 18.4 Å². The molecule has 2 N–H and O–H groups in total. The maximum atomic E-state index is 13.1. The molecule has 0 saturated heterocycles. The number of rotatable bonds is 6. The van der Waals surface area contributed by atoms with E-state index in [0.717, 1.165) is 0 Å². The Kier molecular flexibility index (Phi) is 6.52. The fraction of sp³-hybridized carbons (Fsp3) is 0.222. The quantitative estimate of drug-likeness (QED) is 0.815. The predicted octanol–water partition coefficient (Wildman–Crippen LogP) is 3.97. The first-order chi connectivity index (χ1) is 11.8. The summed E-state index contributed by atoms with van der Waals surface area (Å²) in [5.74, 6) is -1.22. The van der Waals surface area contributed by atoms with E-state index in [-0.39, 0.29) is 29.2 Å². The largest absolute Gasteiger partial charge is 0.325 e. The van der Waals surface area contributed by atoms with Gasteiger partial charge in [-0.3, -0.25) is 9.59 Å². The fourth-order valence-corrected chi connectivity index (χ4v) is 2.69. The van der Waals surface area contributed by atoms with Gasteiger partial charge in [0.1, 0.15) is 11.6 Å². The zero-order valence-corrected chi connectivity index (χ0v) is 14.6. The number of hydrogen-bond donors (Lipinski definition) is 2. The van der Waals surface area contributed by atoms with Gasteiger partial charge in [-0.2, -0.15) is 0 Å². The molecule has 7 heteroatoms. The first-order valence-corrected chi connectivity index (χ1v) is 8.64. The molecule has 1 atom stereocenters. The van der Waals surface area contributed by atoms with Crippen LogP contribution in [0.3, 0.4) is 0 Å². The number of amides is 2. The number of halogens is 2. The van der Waals surface area contributed by atoms with E-state index in [1.165, 1.54) is 54.2 Å². The molecule has 2 aromatic carbocycles. The number of thioether (sulfide) groups is 1. The number of aryl methyl sites for hydroxylation is 1. The zero-order chi connectivity index (χ0) is 18.4. The molecule has 25 heavy (non-hydrogen) atoms. The van der Waals surface area contributed by atoms with Crippen molar-refractivity contribution in [3.05, 3.63) is 59.7 Å². The van der Waals surface area contributed by atoms with Crippen LogP contribution in [-0.4, -0.2) is 22.8 Å². The van der Waals surface area contributed by atoms with Crippen molar-refractivity contribution >= 4 is 35.0 Å². The minimum absolute atomic E-state index is 0.0777. The van der Waals surface area contributed by atoms with Gasteiger partial charge in [0.15, 0.2) is 0 Å². The third-order valence-electron chi connectivity index (χ3n) is 3.41. The van der Waals surface area contributed by atoms with Crippen LogP contribution in [-0.2, 0) is 9.59 Å². The van der Waals surface area contributed by atoms with Crippen molar-refractivity contribution in [2.24, 2.45) is 0 Å². The molecule has 0 aliphatic carbocycles. The summed E-state index contributed by atoms with van der Waals surface area (Å²) in [4.78, 5) is 24.0. The van der Waals surface area contributed by atoms with E-state index in [4.69, 9.17) is 0 Å². The molecule has 0 aromatic heterocycles. The highest BCUT2D eigenvalue weighted by Gasteiger charge is 2.16. The summed E-state index contributed by atoms with van der Waals surface area (Å²) in [7, 11) is 0. The number of carbonyl (C=O) groups excluding carboxylic acids is 2. The standard InChI is InChI=1S/C18H18F2N2O2S/c1-11-9-14(20)5-8-16(11)22-18(24)12(2)25-10-17(23)21-15-6-3-13(19)4-7-15/h3-9,12H,10H2,1-2H3,(H,21,23)(H,22,24)/t12-/m0/s1. The second-order valence-corrected chi connectivity index (χ2v) is 6.79. The maximum absolute atomic E-state index is 13.1. The zero-order valence-electron chi connectivity index (χ0n) is 13.8. The molecule has 0 saturated carbocycles. The van der Waals surface area contributed by atoms with E-state index >= 15 is 0 Å². The van der Waals surface area contributed by atoms with Gasteiger partial charge in [0.2, 0.25) is 11.8 Å². The van der Waals surface area contributed by atoms with Crippen molar-refractivity contribution in [1.29, 1.82) is 0 Å². The Morgan fingerprint density at radius 3 is 2.32 bits per heavy atom. The number of nitrogens with one attached hydrogen (secondary N) is 2. The fourth-order valence-electron chi connectivity index (χ4n) is 2.01. The van der Waals surface area contributed by atoms with Gasteiger partial charge < -0.3 is 10.6 Å². The molecule has 132 valence electrons. The van der Waals surface area contributed by atoms with E-state index < -0.39 is 5.25 Å². The molecule has 0 unspecified atom stereocenters. The predicted molar refractivity (Wildman–Crippen MR) is 96.7 cm³/mol. The Labute approximate surface area is 149 Å². The topological polar surface area (TPSA) is 58.2 Å². The number of benzene rings is 2. The van der Waals surface area contributed by atoms with E-state index in [0.29, 0.717) is 16.9 Å². The minimum atomic E-state index is -0.469. The number of anilines is 2. The molecule has 2 rings (SSSR count). The van der Waals surface area contributed by atoms with Crippen molar-refractivity contribution in [2.45, 2.75) is 19.1 Å². The molecular weight excluding hydrogens is 346 g/mol. The molecule has 0 spiro atoms. The lowest BCUT2D eigenvalue weighted by Gasteiger charge is -2.13. The molecule has 0 aliphatic rings. The van der Waals surface area contributed by atoms with E-state index in [1.807, 2.05) is 0 Å². The third kappa shape index (κ3) is 5.86. The van der Waals surface area contributed by atoms with E-state index in [2.05, 4.69) is 10.6 Å². The van der Waals surface area contributed by atoms with E-state index in [1.54, 1.807) is 13.8 Å². The molecule has 0 bridgehead atoms. The average Bonchev–Trinajstić information content (AvgIpc) is 2.57. The molecule has 0 aliphatic heterocycles. The smallest absolute Gasteiger partial charge is 0.237 e. The monoisotopic (exact) mass is 364 g/mol.